The van der Waals surface area contributed by atoms with E-state index in [1.165, 1.54) is 0 Å². The molecule has 1 saturated heterocycles. The van der Waals surface area contributed by atoms with Crippen LogP contribution in [0, 0.1) is 0 Å². The van der Waals surface area contributed by atoms with Crippen LogP contribution in [0.4, 0.5) is 0 Å². The number of hydrogen-bond donors (Lipinski definition) is 0. The van der Waals surface area contributed by atoms with Crippen LogP contribution in [-0.2, 0) is 47.6 Å². The van der Waals surface area contributed by atoms with E-state index >= 15 is 0 Å². The molecule has 1 aliphatic heterocycles. The van der Waals surface area contributed by atoms with Crippen molar-refractivity contribution in [1.29, 1.82) is 0 Å². The van der Waals surface area contributed by atoms with E-state index in [1.54, 1.807) is 0 Å². The first-order valence-electron chi connectivity index (χ1n) is 8.36. The lowest BCUT2D eigenvalue weighted by Gasteiger charge is -2.09. The van der Waals surface area contributed by atoms with Gasteiger partial charge in [-0.3, -0.25) is 19.2 Å². The van der Waals surface area contributed by atoms with Crippen LogP contribution in [0.25, 0.3) is 0 Å². The van der Waals surface area contributed by atoms with E-state index in [0.29, 0.717) is 0 Å². The average Bonchev–Trinajstić information content (AvgIpc) is 2.62. The second kappa shape index (κ2) is 14.0. The maximum atomic E-state index is 11.4. The maximum absolute atomic E-state index is 11.4. The molecule has 0 saturated carbocycles. The topological polar surface area (TPSA) is 124 Å². The lowest BCUT2D eigenvalue weighted by molar-refractivity contribution is -0.154. The van der Waals surface area contributed by atoms with Crippen LogP contribution in [-0.4, -0.2) is 76.7 Å². The predicted molar refractivity (Wildman–Crippen MR) is 83.9 cm³/mol. The number of esters is 4. The van der Waals surface area contributed by atoms with Gasteiger partial charge in [0.15, 0.2) is 0 Å². The molecule has 1 heterocycles. The highest BCUT2D eigenvalue weighted by molar-refractivity contribution is 5.78. The molecule has 0 aliphatic carbocycles. The van der Waals surface area contributed by atoms with E-state index < -0.39 is 23.9 Å². The predicted octanol–water partition coefficient (Wildman–Crippen LogP) is -0.234. The fraction of sp³-hybridized carbons (Fsp3) is 0.750. The summed E-state index contributed by atoms with van der Waals surface area (Å²) < 4.78 is 29.8. The molecule has 0 N–H and O–H groups in total. The first-order valence-corrected chi connectivity index (χ1v) is 8.36. The van der Waals surface area contributed by atoms with Gasteiger partial charge in [0.25, 0.3) is 0 Å². The van der Waals surface area contributed by atoms with Crippen LogP contribution < -0.4 is 0 Å². The van der Waals surface area contributed by atoms with Crippen molar-refractivity contribution in [3.63, 3.8) is 0 Å². The van der Waals surface area contributed by atoms with Gasteiger partial charge >= 0.3 is 23.9 Å². The average molecular weight is 376 g/mol. The van der Waals surface area contributed by atoms with Crippen LogP contribution in [0.15, 0.2) is 0 Å². The highest BCUT2D eigenvalue weighted by Crippen LogP contribution is 1.98. The Labute approximate surface area is 151 Å². The molecule has 26 heavy (non-hydrogen) atoms. The summed E-state index contributed by atoms with van der Waals surface area (Å²) in [5, 5.41) is 0. The third-order valence-electron chi connectivity index (χ3n) is 3.03. The molecule has 0 radical (unpaired) electrons. The van der Waals surface area contributed by atoms with Crippen LogP contribution in [0.5, 0.6) is 0 Å². The highest BCUT2D eigenvalue weighted by atomic mass is 16.6. The van der Waals surface area contributed by atoms with Gasteiger partial charge in [-0.15, -0.1) is 0 Å². The maximum Gasteiger partial charge on any atom is 0.306 e. The third-order valence-corrected chi connectivity index (χ3v) is 3.03. The van der Waals surface area contributed by atoms with Crippen LogP contribution in [0.3, 0.4) is 0 Å². The van der Waals surface area contributed by atoms with Crippen LogP contribution in [0.1, 0.15) is 25.7 Å². The molecule has 1 rings (SSSR count). The van der Waals surface area contributed by atoms with Crippen molar-refractivity contribution in [3.05, 3.63) is 0 Å². The summed E-state index contributed by atoms with van der Waals surface area (Å²) in [5.74, 6) is -2.12. The summed E-state index contributed by atoms with van der Waals surface area (Å²) in [4.78, 5) is 45.7. The van der Waals surface area contributed by atoms with Gasteiger partial charge in [0.2, 0.25) is 0 Å². The molecule has 1 aliphatic rings. The van der Waals surface area contributed by atoms with Crippen molar-refractivity contribution in [2.24, 2.45) is 0 Å². The number of cyclic esters (lactones) is 4. The number of hydrogen-bond acceptors (Lipinski definition) is 10. The molecule has 0 spiro atoms. The van der Waals surface area contributed by atoms with E-state index in [9.17, 15) is 19.2 Å². The Morgan fingerprint density at radius 1 is 0.385 bits per heavy atom. The molecule has 0 atom stereocenters. The third kappa shape index (κ3) is 12.2. The van der Waals surface area contributed by atoms with Gasteiger partial charge in [0, 0.05) is 0 Å². The summed E-state index contributed by atoms with van der Waals surface area (Å²) in [6.07, 6.45) is -0.360. The van der Waals surface area contributed by atoms with Gasteiger partial charge in [-0.25, -0.2) is 0 Å². The van der Waals surface area contributed by atoms with Crippen molar-refractivity contribution in [2.45, 2.75) is 25.7 Å². The van der Waals surface area contributed by atoms with Crippen molar-refractivity contribution in [1.82, 2.24) is 0 Å². The Balaban J connectivity index is 2.32. The second-order valence-electron chi connectivity index (χ2n) is 5.11. The molecular weight excluding hydrogens is 352 g/mol. The Kier molecular flexibility index (Phi) is 11.8. The largest absolute Gasteiger partial charge is 0.463 e. The summed E-state index contributed by atoms with van der Waals surface area (Å²) in [6.45, 7) is 0.662. The quantitative estimate of drug-likeness (QED) is 0.413. The zero-order valence-electron chi connectivity index (χ0n) is 14.6. The fourth-order valence-corrected chi connectivity index (χ4v) is 1.76. The molecule has 0 amide bonds. The van der Waals surface area contributed by atoms with Gasteiger partial charge in [-0.05, 0) is 0 Å². The van der Waals surface area contributed by atoms with E-state index in [2.05, 4.69) is 0 Å². The number of carbonyl (C=O) groups is 4. The van der Waals surface area contributed by atoms with Gasteiger partial charge in [-0.1, -0.05) is 0 Å². The Bertz CT molecular complexity index is 380. The molecule has 148 valence electrons. The van der Waals surface area contributed by atoms with Crippen molar-refractivity contribution in [2.75, 3.05) is 52.9 Å². The first kappa shape index (κ1) is 21.8. The zero-order chi connectivity index (χ0) is 19.0. The molecule has 10 heteroatoms. The van der Waals surface area contributed by atoms with Gasteiger partial charge in [0.1, 0.15) is 26.4 Å². The molecule has 0 unspecified atom stereocenters. The van der Waals surface area contributed by atoms with Crippen LogP contribution in [0.2, 0.25) is 0 Å². The molecule has 0 bridgehead atoms. The lowest BCUT2D eigenvalue weighted by atomic mass is 10.3. The summed E-state index contributed by atoms with van der Waals surface area (Å²) in [5.41, 5.74) is 0. The van der Waals surface area contributed by atoms with Crippen molar-refractivity contribution in [3.8, 4) is 0 Å². The lowest BCUT2D eigenvalue weighted by Crippen LogP contribution is -2.18. The molecule has 0 aromatic heterocycles. The van der Waals surface area contributed by atoms with E-state index in [-0.39, 0.29) is 78.5 Å². The van der Waals surface area contributed by atoms with Crippen LogP contribution >= 0.6 is 0 Å². The Morgan fingerprint density at radius 3 is 0.846 bits per heavy atom. The molecule has 1 fully saturated rings. The number of rotatable bonds is 0. The molecule has 10 nitrogen and oxygen atoms in total. The molecular formula is C16H24O10. The van der Waals surface area contributed by atoms with E-state index in [1.807, 2.05) is 0 Å². The van der Waals surface area contributed by atoms with Gasteiger partial charge < -0.3 is 28.4 Å². The second-order valence-corrected chi connectivity index (χ2v) is 5.11. The SMILES string of the molecule is O=C1CCC(=O)OCCOCCOC(=O)CCC(=O)OCCOCCO1. The minimum atomic E-state index is -0.530. The Morgan fingerprint density at radius 2 is 0.615 bits per heavy atom. The monoisotopic (exact) mass is 376 g/mol. The molecule has 0 aromatic rings. The summed E-state index contributed by atoms with van der Waals surface area (Å²) >= 11 is 0. The standard InChI is InChI=1S/C16H24O10/c17-13-1-2-14(18)24-10-6-22-8-12-26-16(20)4-3-15(19)25-11-7-21-5-9-23-13/h1-12H2. The molecule has 0 aromatic carbocycles. The minimum Gasteiger partial charge on any atom is -0.463 e. The smallest absolute Gasteiger partial charge is 0.306 e. The number of carbonyl (C=O) groups excluding carboxylic acids is 4. The van der Waals surface area contributed by atoms with Gasteiger partial charge in [-0.2, -0.15) is 0 Å². The zero-order valence-corrected chi connectivity index (χ0v) is 14.6. The summed E-state index contributed by atoms with van der Waals surface area (Å²) in [7, 11) is 0. The highest BCUT2D eigenvalue weighted by Gasteiger charge is 2.11. The van der Waals surface area contributed by atoms with E-state index in [4.69, 9.17) is 28.4 Å². The Hall–Kier alpha value is -2.20. The number of ether oxygens (including phenoxy) is 6. The van der Waals surface area contributed by atoms with Gasteiger partial charge in [0.05, 0.1) is 52.1 Å². The minimum absolute atomic E-state index is 0.0293. The van der Waals surface area contributed by atoms with Crippen molar-refractivity contribution >= 4 is 23.9 Å². The fourth-order valence-electron chi connectivity index (χ4n) is 1.76. The first-order chi connectivity index (χ1) is 12.6. The normalized spacial score (nSPS) is 21.2. The van der Waals surface area contributed by atoms with Crippen molar-refractivity contribution < 1.29 is 47.6 Å². The van der Waals surface area contributed by atoms with E-state index in [0.717, 1.165) is 0 Å². The summed E-state index contributed by atoms with van der Waals surface area (Å²) in [6, 6.07) is 0.